The van der Waals surface area contributed by atoms with Gasteiger partial charge in [0.2, 0.25) is 5.91 Å². The number of fused-ring (bicyclic) bond motifs is 2. The average Bonchev–Trinajstić information content (AvgIpc) is 3.48. The Balaban J connectivity index is 1.45. The van der Waals surface area contributed by atoms with E-state index in [1.54, 1.807) is 29.2 Å². The van der Waals surface area contributed by atoms with Crippen molar-refractivity contribution in [3.8, 4) is 0 Å². The normalized spacial score (nSPS) is 17.1. The molecule has 2 amide bonds. The van der Waals surface area contributed by atoms with Crippen LogP contribution in [-0.4, -0.2) is 35.6 Å². The minimum atomic E-state index is -0.243. The zero-order valence-corrected chi connectivity index (χ0v) is 17.2. The molecule has 6 N–H and O–H groups in total. The number of hydrogen-bond acceptors (Lipinski definition) is 5. The van der Waals surface area contributed by atoms with Crippen LogP contribution in [0.2, 0.25) is 0 Å². The number of hydrogen-bond donors (Lipinski definition) is 4. The molecule has 2 aromatic rings. The number of nitrogens with one attached hydrogen (secondary N) is 2. The predicted molar refractivity (Wildman–Crippen MR) is 114 cm³/mol. The fourth-order valence-corrected chi connectivity index (χ4v) is 4.18. The molecule has 1 aliphatic carbocycles. The average molecular weight is 457 g/mol. The van der Waals surface area contributed by atoms with E-state index in [2.05, 4.69) is 31.8 Å². The van der Waals surface area contributed by atoms with Gasteiger partial charge >= 0.3 is 0 Å². The van der Waals surface area contributed by atoms with Crippen molar-refractivity contribution in [2.45, 2.75) is 18.3 Å². The summed E-state index contributed by atoms with van der Waals surface area (Å²) in [6.45, 7) is 0.581. The number of carbonyl (C=O) groups excluding carboxylic acids is 2. The molecule has 29 heavy (non-hydrogen) atoms. The molecule has 1 aliphatic heterocycles. The van der Waals surface area contributed by atoms with Crippen LogP contribution in [0.25, 0.3) is 0 Å². The maximum atomic E-state index is 12.9. The highest BCUT2D eigenvalue weighted by Gasteiger charge is 2.51. The number of halogens is 1. The lowest BCUT2D eigenvalue weighted by molar-refractivity contribution is -0.117. The van der Waals surface area contributed by atoms with Crippen molar-refractivity contribution in [1.82, 2.24) is 10.3 Å². The number of nitrogens with two attached hydrogens (primary N) is 2. The fraction of sp³-hybridized carbons (Fsp3) is 0.250. The van der Waals surface area contributed by atoms with Crippen molar-refractivity contribution in [3.05, 3.63) is 63.6 Å². The third kappa shape index (κ3) is 3.70. The third-order valence-electron chi connectivity index (χ3n) is 5.46. The molecule has 0 radical (unpaired) electrons. The standard InChI is InChI=1S/C20H21BrN6O2/c21-13-3-6-15-16(9-13)20(7-8-20)11-27(19(15)29)10-17(28)24-14-4-1-12(2-5-14)18(25-22)26-23/h1-6,9H,7-8,10-11,22-23H2,(H,24,28)(H,25,26). The van der Waals surface area contributed by atoms with Crippen LogP contribution in [0.1, 0.15) is 34.3 Å². The molecular formula is C20H21BrN6O2. The quantitative estimate of drug-likeness (QED) is 0.241. The largest absolute Gasteiger partial charge is 0.328 e. The molecule has 8 nitrogen and oxygen atoms in total. The molecule has 0 aromatic heterocycles. The molecule has 4 rings (SSSR count). The lowest BCUT2D eigenvalue weighted by Crippen LogP contribution is -2.46. The summed E-state index contributed by atoms with van der Waals surface area (Å²) in [6, 6.07) is 12.7. The highest BCUT2D eigenvalue weighted by molar-refractivity contribution is 9.10. The Hall–Kier alpha value is -2.91. The van der Waals surface area contributed by atoms with E-state index in [0.717, 1.165) is 22.9 Å². The SMILES string of the molecule is N/N=C(\NN)c1ccc(NC(=O)CN2CC3(CC3)c3cc(Br)ccc3C2=O)cc1. The van der Waals surface area contributed by atoms with Crippen molar-refractivity contribution >= 4 is 39.3 Å². The summed E-state index contributed by atoms with van der Waals surface area (Å²) in [5.74, 6) is 10.6. The smallest absolute Gasteiger partial charge is 0.254 e. The van der Waals surface area contributed by atoms with Gasteiger partial charge in [-0.05, 0) is 60.9 Å². The number of hydrazone groups is 1. The number of nitrogens with zero attached hydrogens (tertiary/aromatic N) is 2. The van der Waals surface area contributed by atoms with Gasteiger partial charge in [-0.2, -0.15) is 5.10 Å². The summed E-state index contributed by atoms with van der Waals surface area (Å²) in [5.41, 5.74) is 5.48. The molecule has 0 unspecified atom stereocenters. The topological polar surface area (TPSA) is 126 Å². The first-order valence-corrected chi connectivity index (χ1v) is 9.99. The van der Waals surface area contributed by atoms with Crippen LogP contribution in [0, 0.1) is 0 Å². The number of amides is 2. The minimum absolute atomic E-state index is 0.0116. The highest BCUT2D eigenvalue weighted by Crippen LogP contribution is 2.52. The first kappa shape index (κ1) is 19.4. The van der Waals surface area contributed by atoms with Gasteiger partial charge in [-0.25, -0.2) is 5.84 Å². The zero-order valence-electron chi connectivity index (χ0n) is 15.6. The monoisotopic (exact) mass is 456 g/mol. The van der Waals surface area contributed by atoms with Crippen molar-refractivity contribution in [3.63, 3.8) is 0 Å². The number of carbonyl (C=O) groups is 2. The lowest BCUT2D eigenvalue weighted by Gasteiger charge is -2.34. The van der Waals surface area contributed by atoms with Gasteiger partial charge in [-0.15, -0.1) is 0 Å². The van der Waals surface area contributed by atoms with Crippen LogP contribution in [0.4, 0.5) is 5.69 Å². The number of hydrazine groups is 1. The summed E-state index contributed by atoms with van der Waals surface area (Å²) in [4.78, 5) is 27.1. The van der Waals surface area contributed by atoms with Crippen LogP contribution in [0.3, 0.4) is 0 Å². The second-order valence-corrected chi connectivity index (χ2v) is 8.29. The zero-order chi connectivity index (χ0) is 20.6. The fourth-order valence-electron chi connectivity index (χ4n) is 3.82. The van der Waals surface area contributed by atoms with Crippen LogP contribution in [0.5, 0.6) is 0 Å². The van der Waals surface area contributed by atoms with Gasteiger partial charge < -0.3 is 21.5 Å². The number of benzene rings is 2. The second kappa shape index (κ2) is 7.49. The first-order chi connectivity index (χ1) is 14.0. The summed E-state index contributed by atoms with van der Waals surface area (Å²) in [7, 11) is 0. The first-order valence-electron chi connectivity index (χ1n) is 9.20. The van der Waals surface area contributed by atoms with E-state index in [1.165, 1.54) is 0 Å². The van der Waals surface area contributed by atoms with Gasteiger partial charge in [0.25, 0.3) is 5.91 Å². The van der Waals surface area contributed by atoms with Crippen molar-refractivity contribution in [2.24, 2.45) is 16.8 Å². The predicted octanol–water partition coefficient (Wildman–Crippen LogP) is 1.66. The second-order valence-electron chi connectivity index (χ2n) is 7.38. The van der Waals surface area contributed by atoms with E-state index in [4.69, 9.17) is 11.7 Å². The molecule has 0 bridgehead atoms. The van der Waals surface area contributed by atoms with E-state index in [-0.39, 0.29) is 23.8 Å². The van der Waals surface area contributed by atoms with E-state index >= 15 is 0 Å². The molecule has 150 valence electrons. The van der Waals surface area contributed by atoms with Crippen LogP contribution < -0.4 is 22.4 Å². The lowest BCUT2D eigenvalue weighted by atomic mass is 9.86. The molecular weight excluding hydrogens is 436 g/mol. The van der Waals surface area contributed by atoms with E-state index in [1.807, 2.05) is 18.2 Å². The van der Waals surface area contributed by atoms with Gasteiger partial charge in [0, 0.05) is 33.2 Å². The van der Waals surface area contributed by atoms with E-state index in [9.17, 15) is 9.59 Å². The Kier molecular flexibility index (Phi) is 5.01. The number of amidine groups is 1. The van der Waals surface area contributed by atoms with Gasteiger partial charge in [0.15, 0.2) is 5.84 Å². The van der Waals surface area contributed by atoms with Crippen molar-refractivity contribution < 1.29 is 9.59 Å². The Labute approximate surface area is 176 Å². The maximum Gasteiger partial charge on any atom is 0.254 e. The van der Waals surface area contributed by atoms with Gasteiger partial charge in [0.1, 0.15) is 6.54 Å². The van der Waals surface area contributed by atoms with Gasteiger partial charge in [-0.1, -0.05) is 15.9 Å². The molecule has 1 spiro atoms. The van der Waals surface area contributed by atoms with Gasteiger partial charge in [0.05, 0.1) is 0 Å². The van der Waals surface area contributed by atoms with Gasteiger partial charge in [-0.3, -0.25) is 9.59 Å². The summed E-state index contributed by atoms with van der Waals surface area (Å²) in [6.07, 6.45) is 2.06. The molecule has 1 heterocycles. The molecule has 9 heteroatoms. The molecule has 0 atom stereocenters. The molecule has 2 aromatic carbocycles. The maximum absolute atomic E-state index is 12.9. The molecule has 0 saturated heterocycles. The minimum Gasteiger partial charge on any atom is -0.328 e. The van der Waals surface area contributed by atoms with E-state index in [0.29, 0.717) is 29.2 Å². The highest BCUT2D eigenvalue weighted by atomic mass is 79.9. The van der Waals surface area contributed by atoms with Crippen LogP contribution in [0.15, 0.2) is 52.0 Å². The Morgan fingerprint density at radius 3 is 2.55 bits per heavy atom. The molecule has 2 aliphatic rings. The van der Waals surface area contributed by atoms with Crippen molar-refractivity contribution in [2.75, 3.05) is 18.4 Å². The summed E-state index contributed by atoms with van der Waals surface area (Å²) >= 11 is 3.49. The summed E-state index contributed by atoms with van der Waals surface area (Å²) in [5, 5.41) is 6.37. The van der Waals surface area contributed by atoms with Crippen LogP contribution in [-0.2, 0) is 10.2 Å². The Morgan fingerprint density at radius 2 is 1.93 bits per heavy atom. The third-order valence-corrected chi connectivity index (χ3v) is 5.95. The Morgan fingerprint density at radius 1 is 1.21 bits per heavy atom. The number of rotatable bonds is 4. The van der Waals surface area contributed by atoms with E-state index < -0.39 is 0 Å². The Bertz CT molecular complexity index is 1000. The molecule has 1 saturated carbocycles. The summed E-state index contributed by atoms with van der Waals surface area (Å²) < 4.78 is 0.970. The van der Waals surface area contributed by atoms with Crippen molar-refractivity contribution in [1.29, 1.82) is 0 Å². The number of anilines is 1. The molecule has 1 fully saturated rings. The van der Waals surface area contributed by atoms with Crippen LogP contribution >= 0.6 is 15.9 Å².